The highest BCUT2D eigenvalue weighted by Crippen LogP contribution is 2.19. The molecule has 2 N–H and O–H groups in total. The summed E-state index contributed by atoms with van der Waals surface area (Å²) in [6.07, 6.45) is 0. The van der Waals surface area contributed by atoms with E-state index >= 15 is 0 Å². The maximum Gasteiger partial charge on any atom is 0.313 e. The second-order valence-electron chi connectivity index (χ2n) is 5.25. The molecule has 0 saturated heterocycles. The van der Waals surface area contributed by atoms with E-state index in [1.807, 2.05) is 0 Å². The molecule has 0 radical (unpaired) electrons. The van der Waals surface area contributed by atoms with Crippen LogP contribution in [0, 0.1) is 5.82 Å². The number of methoxy groups -OCH3 is 1. The summed E-state index contributed by atoms with van der Waals surface area (Å²) in [5.41, 5.74) is 0.584. The van der Waals surface area contributed by atoms with Gasteiger partial charge in [0.15, 0.2) is 0 Å². The third kappa shape index (κ3) is 6.02. The van der Waals surface area contributed by atoms with Gasteiger partial charge in [0, 0.05) is 18.7 Å². The molecule has 2 aromatic rings. The van der Waals surface area contributed by atoms with Crippen LogP contribution in [-0.4, -0.2) is 32.1 Å². The Hall–Kier alpha value is -2.64. The highest BCUT2D eigenvalue weighted by Gasteiger charge is 2.15. The molecule has 138 valence electrons. The average Bonchev–Trinajstić information content (AvgIpc) is 2.63. The third-order valence-electron chi connectivity index (χ3n) is 3.29. The molecular formula is C18H18ClFN2O4. The number of hydrogen-bond acceptors (Lipinski definition) is 4. The molecular weight excluding hydrogens is 363 g/mol. The van der Waals surface area contributed by atoms with Crippen LogP contribution < -0.4 is 15.4 Å². The minimum absolute atomic E-state index is 0.117. The average molecular weight is 381 g/mol. The molecule has 26 heavy (non-hydrogen) atoms. The number of halogens is 2. The molecule has 0 aliphatic heterocycles. The molecule has 2 amide bonds. The Labute approximate surface area is 155 Å². The van der Waals surface area contributed by atoms with Crippen LogP contribution >= 0.6 is 11.6 Å². The second-order valence-corrected chi connectivity index (χ2v) is 5.69. The molecule has 0 spiro atoms. The van der Waals surface area contributed by atoms with Crippen molar-refractivity contribution in [2.45, 2.75) is 6.54 Å². The van der Waals surface area contributed by atoms with Crippen molar-refractivity contribution < 1.29 is 23.5 Å². The van der Waals surface area contributed by atoms with Crippen molar-refractivity contribution in [3.8, 4) is 5.75 Å². The molecule has 0 atom stereocenters. The molecule has 6 nitrogen and oxygen atoms in total. The summed E-state index contributed by atoms with van der Waals surface area (Å²) in [6.45, 7) is 0.979. The second kappa shape index (κ2) is 9.74. The SMILES string of the molecule is COCCOc1cccc(CNC(=O)C(=O)Nc2cc(Cl)ccc2F)c1. The van der Waals surface area contributed by atoms with E-state index in [0.717, 1.165) is 11.6 Å². The lowest BCUT2D eigenvalue weighted by Gasteiger charge is -2.09. The van der Waals surface area contributed by atoms with Crippen molar-refractivity contribution in [3.05, 3.63) is 58.9 Å². The van der Waals surface area contributed by atoms with Crippen molar-refractivity contribution >= 4 is 29.1 Å². The lowest BCUT2D eigenvalue weighted by molar-refractivity contribution is -0.136. The summed E-state index contributed by atoms with van der Waals surface area (Å²) in [5.74, 6) is -1.94. The van der Waals surface area contributed by atoms with Crippen molar-refractivity contribution in [1.82, 2.24) is 5.32 Å². The first-order valence-corrected chi connectivity index (χ1v) is 8.12. The van der Waals surface area contributed by atoms with Crippen molar-refractivity contribution in [2.24, 2.45) is 0 Å². The van der Waals surface area contributed by atoms with Crippen LogP contribution in [0.15, 0.2) is 42.5 Å². The van der Waals surface area contributed by atoms with Crippen molar-refractivity contribution in [1.29, 1.82) is 0 Å². The predicted octanol–water partition coefficient (Wildman–Crippen LogP) is 2.76. The molecule has 2 rings (SSSR count). The van der Waals surface area contributed by atoms with Crippen LogP contribution in [0.25, 0.3) is 0 Å². The summed E-state index contributed by atoms with van der Waals surface area (Å²) in [7, 11) is 1.58. The zero-order valence-corrected chi connectivity index (χ0v) is 14.8. The number of rotatable bonds is 7. The molecule has 0 saturated carbocycles. The highest BCUT2D eigenvalue weighted by atomic mass is 35.5. The summed E-state index contributed by atoms with van der Waals surface area (Å²) in [4.78, 5) is 23.8. The fraction of sp³-hybridized carbons (Fsp3) is 0.222. The van der Waals surface area contributed by atoms with Crippen LogP contribution in [0.1, 0.15) is 5.56 Å². The van der Waals surface area contributed by atoms with Gasteiger partial charge >= 0.3 is 11.8 Å². The van der Waals surface area contributed by atoms with Crippen molar-refractivity contribution in [3.63, 3.8) is 0 Å². The monoisotopic (exact) mass is 380 g/mol. The molecule has 0 heterocycles. The lowest BCUT2D eigenvalue weighted by atomic mass is 10.2. The quantitative estimate of drug-likeness (QED) is 0.572. The third-order valence-corrected chi connectivity index (χ3v) is 3.53. The Balaban J connectivity index is 1.88. The van der Waals surface area contributed by atoms with Gasteiger partial charge in [0.1, 0.15) is 18.2 Å². The van der Waals surface area contributed by atoms with Crippen LogP contribution in [0.4, 0.5) is 10.1 Å². The van der Waals surface area contributed by atoms with E-state index in [0.29, 0.717) is 19.0 Å². The summed E-state index contributed by atoms with van der Waals surface area (Å²) < 4.78 is 24.0. The Kier molecular flexibility index (Phi) is 7.37. The van der Waals surface area contributed by atoms with Gasteiger partial charge < -0.3 is 20.1 Å². The number of hydrogen-bond donors (Lipinski definition) is 2. The summed E-state index contributed by atoms with van der Waals surface area (Å²) in [6, 6.07) is 10.7. The lowest BCUT2D eigenvalue weighted by Crippen LogP contribution is -2.35. The normalized spacial score (nSPS) is 10.3. The Morgan fingerprint density at radius 2 is 1.92 bits per heavy atom. The Bertz CT molecular complexity index is 786. The van der Waals surface area contributed by atoms with E-state index in [1.165, 1.54) is 12.1 Å². The van der Waals surface area contributed by atoms with Gasteiger partial charge in [-0.3, -0.25) is 9.59 Å². The van der Waals surface area contributed by atoms with Crippen LogP contribution in [-0.2, 0) is 20.9 Å². The minimum Gasteiger partial charge on any atom is -0.491 e. The van der Waals surface area contributed by atoms with Gasteiger partial charge in [-0.05, 0) is 35.9 Å². The topological polar surface area (TPSA) is 76.7 Å². The fourth-order valence-corrected chi connectivity index (χ4v) is 2.20. The number of ether oxygens (including phenoxy) is 2. The Morgan fingerprint density at radius 3 is 2.69 bits per heavy atom. The number of amides is 2. The number of nitrogens with one attached hydrogen (secondary N) is 2. The minimum atomic E-state index is -0.987. The first kappa shape index (κ1) is 19.7. The fourth-order valence-electron chi connectivity index (χ4n) is 2.02. The highest BCUT2D eigenvalue weighted by molar-refractivity contribution is 6.39. The number of carbonyl (C=O) groups excluding carboxylic acids is 2. The maximum atomic E-state index is 13.6. The smallest absolute Gasteiger partial charge is 0.313 e. The molecule has 2 aromatic carbocycles. The van der Waals surface area contributed by atoms with Gasteiger partial charge in [0.05, 0.1) is 12.3 Å². The predicted molar refractivity (Wildman–Crippen MR) is 95.7 cm³/mol. The largest absolute Gasteiger partial charge is 0.491 e. The molecule has 0 aromatic heterocycles. The molecule has 0 bridgehead atoms. The van der Waals surface area contributed by atoms with Gasteiger partial charge in [0.2, 0.25) is 0 Å². The van der Waals surface area contributed by atoms with Crippen LogP contribution in [0.2, 0.25) is 5.02 Å². The molecule has 0 aliphatic rings. The zero-order valence-electron chi connectivity index (χ0n) is 14.1. The van der Waals surface area contributed by atoms with E-state index in [-0.39, 0.29) is 17.3 Å². The van der Waals surface area contributed by atoms with E-state index < -0.39 is 17.6 Å². The van der Waals surface area contributed by atoms with E-state index in [9.17, 15) is 14.0 Å². The van der Waals surface area contributed by atoms with Crippen LogP contribution in [0.3, 0.4) is 0 Å². The van der Waals surface area contributed by atoms with Crippen LogP contribution in [0.5, 0.6) is 5.75 Å². The Morgan fingerprint density at radius 1 is 1.12 bits per heavy atom. The first-order chi connectivity index (χ1) is 12.5. The molecule has 0 aliphatic carbocycles. The van der Waals surface area contributed by atoms with Gasteiger partial charge in [-0.2, -0.15) is 0 Å². The van der Waals surface area contributed by atoms with Gasteiger partial charge in [0.25, 0.3) is 0 Å². The first-order valence-electron chi connectivity index (χ1n) is 7.74. The molecule has 0 fully saturated rings. The molecule has 8 heteroatoms. The summed E-state index contributed by atoms with van der Waals surface area (Å²) in [5, 5.41) is 4.89. The van der Waals surface area contributed by atoms with Gasteiger partial charge in [-0.1, -0.05) is 23.7 Å². The number of anilines is 1. The summed E-state index contributed by atoms with van der Waals surface area (Å²) >= 11 is 5.74. The number of benzene rings is 2. The molecule has 0 unspecified atom stereocenters. The zero-order chi connectivity index (χ0) is 18.9. The van der Waals surface area contributed by atoms with Crippen molar-refractivity contribution in [2.75, 3.05) is 25.6 Å². The van der Waals surface area contributed by atoms with E-state index in [4.69, 9.17) is 21.1 Å². The standard InChI is InChI=1S/C18H18ClFN2O4/c1-25-7-8-26-14-4-2-3-12(9-14)11-21-17(23)18(24)22-16-10-13(19)5-6-15(16)20/h2-6,9-10H,7-8,11H2,1H3,(H,21,23)(H,22,24). The van der Waals surface area contributed by atoms with E-state index in [2.05, 4.69) is 10.6 Å². The van der Waals surface area contributed by atoms with E-state index in [1.54, 1.807) is 31.4 Å². The van der Waals surface area contributed by atoms with Gasteiger partial charge in [-0.15, -0.1) is 0 Å². The van der Waals surface area contributed by atoms with Gasteiger partial charge in [-0.25, -0.2) is 4.39 Å². The number of carbonyl (C=O) groups is 2. The maximum absolute atomic E-state index is 13.6.